The summed E-state index contributed by atoms with van der Waals surface area (Å²) in [4.78, 5) is 38.1. The Morgan fingerprint density at radius 3 is 2.29 bits per heavy atom. The van der Waals surface area contributed by atoms with E-state index in [1.807, 2.05) is 31.2 Å². The average molecular weight is 477 g/mol. The van der Waals surface area contributed by atoms with E-state index in [-0.39, 0.29) is 49.3 Å². The molecule has 2 fully saturated rings. The third kappa shape index (κ3) is 4.51. The molecule has 0 heterocycles. The van der Waals surface area contributed by atoms with Crippen LogP contribution in [0.15, 0.2) is 48.5 Å². The molecule has 184 valence electrons. The summed E-state index contributed by atoms with van der Waals surface area (Å²) < 4.78 is 5.70. The van der Waals surface area contributed by atoms with Crippen LogP contribution in [0.4, 0.5) is 4.79 Å². The summed E-state index contributed by atoms with van der Waals surface area (Å²) >= 11 is 0. The van der Waals surface area contributed by atoms with E-state index in [1.54, 1.807) is 4.90 Å². The van der Waals surface area contributed by atoms with Gasteiger partial charge in [-0.1, -0.05) is 48.5 Å². The smallest absolute Gasteiger partial charge is 0.407 e. The second-order valence-corrected chi connectivity index (χ2v) is 9.97. The van der Waals surface area contributed by atoms with Gasteiger partial charge >= 0.3 is 12.1 Å². The van der Waals surface area contributed by atoms with Gasteiger partial charge in [-0.05, 0) is 60.3 Å². The summed E-state index contributed by atoms with van der Waals surface area (Å²) in [6.07, 6.45) is 1.98. The van der Waals surface area contributed by atoms with Crippen molar-refractivity contribution in [1.29, 1.82) is 0 Å². The van der Waals surface area contributed by atoms with E-state index >= 15 is 0 Å². The summed E-state index contributed by atoms with van der Waals surface area (Å²) in [6.45, 7) is 2.93. The van der Waals surface area contributed by atoms with Crippen molar-refractivity contribution in [2.45, 2.75) is 44.6 Å². The number of hydrogen-bond donors (Lipinski definition) is 2. The molecule has 0 radical (unpaired) electrons. The lowest BCUT2D eigenvalue weighted by Crippen LogP contribution is -2.50. The normalized spacial score (nSPS) is 24.0. The van der Waals surface area contributed by atoms with Gasteiger partial charge in [0.1, 0.15) is 6.61 Å². The lowest BCUT2D eigenvalue weighted by atomic mass is 9.71. The van der Waals surface area contributed by atoms with Crippen LogP contribution in [0.5, 0.6) is 0 Å². The molecule has 5 rings (SSSR count). The zero-order chi connectivity index (χ0) is 24.5. The molecule has 4 atom stereocenters. The molecule has 0 aliphatic heterocycles. The number of alkyl carbamates (subject to hydrolysis) is 1. The first-order chi connectivity index (χ1) is 17.0. The first kappa shape index (κ1) is 23.4. The third-order valence-electron chi connectivity index (χ3n) is 8.11. The van der Waals surface area contributed by atoms with Gasteiger partial charge in [0.2, 0.25) is 5.91 Å². The summed E-state index contributed by atoms with van der Waals surface area (Å²) in [6, 6.07) is 16.6. The molecule has 0 aromatic heterocycles. The van der Waals surface area contributed by atoms with Gasteiger partial charge in [-0.15, -0.1) is 0 Å². The highest BCUT2D eigenvalue weighted by Gasteiger charge is 2.50. The quantitative estimate of drug-likeness (QED) is 0.593. The van der Waals surface area contributed by atoms with Gasteiger partial charge in [0.25, 0.3) is 0 Å². The van der Waals surface area contributed by atoms with Gasteiger partial charge in [-0.3, -0.25) is 9.59 Å². The zero-order valence-corrected chi connectivity index (χ0v) is 20.0. The number of carboxylic acids is 1. The van der Waals surface area contributed by atoms with E-state index in [0.717, 1.165) is 19.3 Å². The van der Waals surface area contributed by atoms with E-state index in [1.165, 1.54) is 22.3 Å². The SMILES string of the molecule is CCN(CCC(=O)O)C(=O)C1C[C@H]2C[C@@H](NC(=O)OCC3c4ccccc4-c4ccccc43)[C@H]2C1. The van der Waals surface area contributed by atoms with E-state index in [0.29, 0.717) is 12.5 Å². The molecular weight excluding hydrogens is 444 g/mol. The maximum Gasteiger partial charge on any atom is 0.407 e. The molecule has 35 heavy (non-hydrogen) atoms. The fraction of sp³-hybridized carbons (Fsp3) is 0.464. The highest BCUT2D eigenvalue weighted by atomic mass is 16.5. The topological polar surface area (TPSA) is 95.9 Å². The number of hydrogen-bond acceptors (Lipinski definition) is 4. The summed E-state index contributed by atoms with van der Waals surface area (Å²) in [5.41, 5.74) is 4.77. The number of benzene rings is 2. The number of fused-ring (bicyclic) bond motifs is 4. The van der Waals surface area contributed by atoms with Crippen LogP contribution >= 0.6 is 0 Å². The van der Waals surface area contributed by atoms with E-state index < -0.39 is 12.1 Å². The highest BCUT2D eigenvalue weighted by molar-refractivity contribution is 5.80. The molecule has 3 aliphatic carbocycles. The van der Waals surface area contributed by atoms with Crippen LogP contribution in [0.3, 0.4) is 0 Å². The maximum atomic E-state index is 12.9. The van der Waals surface area contributed by atoms with Crippen LogP contribution in [0, 0.1) is 17.8 Å². The third-order valence-corrected chi connectivity index (χ3v) is 8.11. The monoisotopic (exact) mass is 476 g/mol. The van der Waals surface area contributed by atoms with E-state index in [9.17, 15) is 14.4 Å². The van der Waals surface area contributed by atoms with Crippen molar-refractivity contribution in [3.8, 4) is 11.1 Å². The Bertz CT molecular complexity index is 1090. The van der Waals surface area contributed by atoms with Gasteiger partial charge in [0.15, 0.2) is 0 Å². The van der Waals surface area contributed by atoms with E-state index in [4.69, 9.17) is 9.84 Å². The Balaban J connectivity index is 1.14. The number of nitrogens with zero attached hydrogens (tertiary/aromatic N) is 1. The molecule has 2 amide bonds. The number of aliphatic carboxylic acids is 1. The number of carbonyl (C=O) groups is 3. The number of carboxylic acid groups (broad SMARTS) is 1. The Hall–Kier alpha value is -3.35. The molecule has 0 spiro atoms. The Labute approximate surface area is 205 Å². The summed E-state index contributed by atoms with van der Waals surface area (Å²) in [5, 5.41) is 12.0. The lowest BCUT2D eigenvalue weighted by Gasteiger charge is -2.40. The minimum atomic E-state index is -0.893. The number of ether oxygens (including phenoxy) is 1. The fourth-order valence-electron chi connectivity index (χ4n) is 6.30. The predicted molar refractivity (Wildman–Crippen MR) is 131 cm³/mol. The first-order valence-corrected chi connectivity index (χ1v) is 12.6. The molecular formula is C28H32N2O5. The standard InChI is InChI=1S/C28H32N2O5/c1-2-30(12-11-26(31)32)27(33)18-13-17-15-25(23(17)14-18)29-28(34)35-16-24-21-9-5-3-7-19(21)20-8-4-6-10-22(20)24/h3-10,17-18,23-25H,2,11-16H2,1H3,(H,29,34)(H,31,32)/t17-,18?,23-,25+/m0/s1. The fourth-order valence-corrected chi connectivity index (χ4v) is 6.30. The van der Waals surface area contributed by atoms with Crippen LogP contribution in [0.1, 0.15) is 49.7 Å². The summed E-state index contributed by atoms with van der Waals surface area (Å²) in [7, 11) is 0. The van der Waals surface area contributed by atoms with Crippen LogP contribution in [-0.4, -0.2) is 53.7 Å². The van der Waals surface area contributed by atoms with Crippen LogP contribution < -0.4 is 5.32 Å². The van der Waals surface area contributed by atoms with Crippen LogP contribution in [-0.2, 0) is 14.3 Å². The van der Waals surface area contributed by atoms with Crippen LogP contribution in [0.2, 0.25) is 0 Å². The number of carbonyl (C=O) groups excluding carboxylic acids is 2. The molecule has 2 saturated carbocycles. The van der Waals surface area contributed by atoms with Crippen molar-refractivity contribution in [3.05, 3.63) is 59.7 Å². The first-order valence-electron chi connectivity index (χ1n) is 12.6. The Kier molecular flexibility index (Phi) is 6.50. The maximum absolute atomic E-state index is 12.9. The molecule has 0 saturated heterocycles. The van der Waals surface area contributed by atoms with E-state index in [2.05, 4.69) is 29.6 Å². The molecule has 7 heteroatoms. The van der Waals surface area contributed by atoms with Crippen molar-refractivity contribution < 1.29 is 24.2 Å². The Morgan fingerprint density at radius 2 is 1.66 bits per heavy atom. The van der Waals surface area contributed by atoms with Gasteiger partial charge < -0.3 is 20.1 Å². The molecule has 2 N–H and O–H groups in total. The van der Waals surface area contributed by atoms with Crippen molar-refractivity contribution >= 4 is 18.0 Å². The number of rotatable bonds is 8. The minimum Gasteiger partial charge on any atom is -0.481 e. The molecule has 7 nitrogen and oxygen atoms in total. The van der Waals surface area contributed by atoms with Gasteiger partial charge in [-0.2, -0.15) is 0 Å². The second kappa shape index (κ2) is 9.72. The molecule has 3 aliphatic rings. The molecule has 2 aromatic carbocycles. The average Bonchev–Trinajstić information content (AvgIpc) is 3.36. The van der Waals surface area contributed by atoms with Crippen molar-refractivity contribution in [3.63, 3.8) is 0 Å². The molecule has 0 bridgehead atoms. The van der Waals surface area contributed by atoms with Gasteiger partial charge in [-0.25, -0.2) is 4.79 Å². The Morgan fingerprint density at radius 1 is 1.00 bits per heavy atom. The highest BCUT2D eigenvalue weighted by Crippen LogP contribution is 2.50. The minimum absolute atomic E-state index is 0.0293. The van der Waals surface area contributed by atoms with Gasteiger partial charge in [0.05, 0.1) is 6.42 Å². The molecule has 1 unspecified atom stereocenters. The number of nitrogens with one attached hydrogen (secondary N) is 1. The lowest BCUT2D eigenvalue weighted by molar-refractivity contribution is -0.139. The predicted octanol–water partition coefficient (Wildman–Crippen LogP) is 4.26. The van der Waals surface area contributed by atoms with Crippen LogP contribution in [0.25, 0.3) is 11.1 Å². The van der Waals surface area contributed by atoms with Crippen molar-refractivity contribution in [2.75, 3.05) is 19.7 Å². The largest absolute Gasteiger partial charge is 0.481 e. The zero-order valence-electron chi connectivity index (χ0n) is 20.0. The number of amides is 2. The van der Waals surface area contributed by atoms with Gasteiger partial charge in [0, 0.05) is 31.0 Å². The molecule has 2 aromatic rings. The summed E-state index contributed by atoms with van der Waals surface area (Å²) in [5.74, 6) is -0.198. The van der Waals surface area contributed by atoms with Crippen molar-refractivity contribution in [1.82, 2.24) is 10.2 Å². The van der Waals surface area contributed by atoms with Crippen molar-refractivity contribution in [2.24, 2.45) is 17.8 Å². The second-order valence-electron chi connectivity index (χ2n) is 9.97.